The number of carbonyl (C=O) groups excluding carboxylic acids is 2. The minimum atomic E-state index is -0.521. The molecule has 1 heterocycles. The van der Waals surface area contributed by atoms with Crippen molar-refractivity contribution >= 4 is 12.0 Å². The summed E-state index contributed by atoms with van der Waals surface area (Å²) >= 11 is 0. The smallest absolute Gasteiger partial charge is 0.338 e. The lowest BCUT2D eigenvalue weighted by Crippen LogP contribution is -2.48. The minimum absolute atomic E-state index is 0.283. The SMILES string of the molecule is CCOC(=O)C1=C(CNC(CC)CC)NC(=O)NC1c1ccccc1. The molecule has 0 spiro atoms. The van der Waals surface area contributed by atoms with Crippen LogP contribution in [0.4, 0.5) is 4.79 Å². The molecule has 1 aliphatic heterocycles. The van der Waals surface area contributed by atoms with Gasteiger partial charge in [0.1, 0.15) is 0 Å². The molecule has 25 heavy (non-hydrogen) atoms. The molecule has 6 heteroatoms. The second-order valence-electron chi connectivity index (χ2n) is 5.95. The van der Waals surface area contributed by atoms with Crippen LogP contribution in [0.1, 0.15) is 45.2 Å². The van der Waals surface area contributed by atoms with E-state index < -0.39 is 12.0 Å². The van der Waals surface area contributed by atoms with Crippen LogP contribution in [0.3, 0.4) is 0 Å². The maximum atomic E-state index is 12.6. The maximum absolute atomic E-state index is 12.6. The summed E-state index contributed by atoms with van der Waals surface area (Å²) in [4.78, 5) is 24.7. The number of hydrogen-bond acceptors (Lipinski definition) is 4. The Hall–Kier alpha value is -2.34. The first-order valence-corrected chi connectivity index (χ1v) is 8.86. The predicted molar refractivity (Wildman–Crippen MR) is 96.9 cm³/mol. The highest BCUT2D eigenvalue weighted by Gasteiger charge is 2.33. The van der Waals surface area contributed by atoms with Gasteiger partial charge in [0, 0.05) is 18.3 Å². The highest BCUT2D eigenvalue weighted by atomic mass is 16.5. The Morgan fingerprint density at radius 2 is 1.88 bits per heavy atom. The van der Waals surface area contributed by atoms with E-state index in [1.54, 1.807) is 6.92 Å². The van der Waals surface area contributed by atoms with E-state index >= 15 is 0 Å². The zero-order chi connectivity index (χ0) is 18.2. The van der Waals surface area contributed by atoms with Gasteiger partial charge in [0.25, 0.3) is 0 Å². The van der Waals surface area contributed by atoms with Crippen LogP contribution in [0, 0.1) is 0 Å². The summed E-state index contributed by atoms with van der Waals surface area (Å²) in [7, 11) is 0. The van der Waals surface area contributed by atoms with Crippen LogP contribution in [-0.2, 0) is 9.53 Å². The van der Waals surface area contributed by atoms with E-state index in [1.165, 1.54) is 0 Å². The highest BCUT2D eigenvalue weighted by Crippen LogP contribution is 2.27. The van der Waals surface area contributed by atoms with Gasteiger partial charge in [0.05, 0.1) is 18.2 Å². The predicted octanol–water partition coefficient (Wildman–Crippen LogP) is 2.64. The molecule has 6 nitrogen and oxygen atoms in total. The van der Waals surface area contributed by atoms with Crippen LogP contribution >= 0.6 is 0 Å². The van der Waals surface area contributed by atoms with E-state index in [0.717, 1.165) is 18.4 Å². The van der Waals surface area contributed by atoms with Crippen molar-refractivity contribution in [2.24, 2.45) is 0 Å². The number of urea groups is 1. The minimum Gasteiger partial charge on any atom is -0.463 e. The quantitative estimate of drug-likeness (QED) is 0.633. The Bertz CT molecular complexity index is 624. The van der Waals surface area contributed by atoms with Gasteiger partial charge in [-0.1, -0.05) is 44.2 Å². The molecule has 0 saturated heterocycles. The number of ether oxygens (including phenoxy) is 1. The molecule has 0 aromatic heterocycles. The van der Waals surface area contributed by atoms with E-state index in [1.807, 2.05) is 30.3 Å². The number of amides is 2. The molecular weight excluding hydrogens is 318 g/mol. The van der Waals surface area contributed by atoms with E-state index in [0.29, 0.717) is 23.9 Å². The average Bonchev–Trinajstić information content (AvgIpc) is 2.63. The lowest BCUT2D eigenvalue weighted by molar-refractivity contribution is -0.139. The molecule has 3 N–H and O–H groups in total. The van der Waals surface area contributed by atoms with Gasteiger partial charge in [-0.2, -0.15) is 0 Å². The van der Waals surface area contributed by atoms with Crippen molar-refractivity contribution in [1.29, 1.82) is 0 Å². The molecule has 1 atom stereocenters. The molecule has 0 radical (unpaired) electrons. The van der Waals surface area contributed by atoms with Gasteiger partial charge < -0.3 is 20.7 Å². The van der Waals surface area contributed by atoms with Gasteiger partial charge in [-0.3, -0.25) is 0 Å². The number of carbonyl (C=O) groups is 2. The van der Waals surface area contributed by atoms with Crippen molar-refractivity contribution in [2.45, 2.75) is 45.7 Å². The van der Waals surface area contributed by atoms with E-state index in [9.17, 15) is 9.59 Å². The van der Waals surface area contributed by atoms with Gasteiger partial charge in [0.15, 0.2) is 0 Å². The number of esters is 1. The molecule has 1 aromatic carbocycles. The number of hydrogen-bond donors (Lipinski definition) is 3. The topological polar surface area (TPSA) is 79.5 Å². The van der Waals surface area contributed by atoms with Crippen LogP contribution < -0.4 is 16.0 Å². The standard InChI is InChI=1S/C19H27N3O3/c1-4-14(5-2)20-12-15-16(18(23)25-6-3)17(22-19(24)21-15)13-10-8-7-9-11-13/h7-11,14,17,20H,4-6,12H2,1-3H3,(H2,21,22,24). The van der Waals surface area contributed by atoms with E-state index in [-0.39, 0.29) is 12.6 Å². The maximum Gasteiger partial charge on any atom is 0.338 e. The van der Waals surface area contributed by atoms with Gasteiger partial charge in [-0.05, 0) is 25.3 Å². The van der Waals surface area contributed by atoms with Crippen LogP contribution in [0.2, 0.25) is 0 Å². The van der Waals surface area contributed by atoms with Gasteiger partial charge >= 0.3 is 12.0 Å². The van der Waals surface area contributed by atoms with E-state index in [4.69, 9.17) is 4.74 Å². The molecule has 1 aromatic rings. The molecule has 0 fully saturated rings. The molecule has 136 valence electrons. The average molecular weight is 345 g/mol. The number of rotatable bonds is 8. The van der Waals surface area contributed by atoms with Crippen molar-refractivity contribution in [2.75, 3.05) is 13.2 Å². The molecule has 0 aliphatic carbocycles. The lowest BCUT2D eigenvalue weighted by atomic mass is 9.95. The molecule has 0 saturated carbocycles. The molecular formula is C19H27N3O3. The second-order valence-corrected chi connectivity index (χ2v) is 5.95. The third-order valence-electron chi connectivity index (χ3n) is 4.34. The Morgan fingerprint density at radius 3 is 2.48 bits per heavy atom. The molecule has 0 bridgehead atoms. The van der Waals surface area contributed by atoms with Crippen LogP contribution in [0.25, 0.3) is 0 Å². The first-order chi connectivity index (χ1) is 12.1. The van der Waals surface area contributed by atoms with Gasteiger partial charge in [0.2, 0.25) is 0 Å². The van der Waals surface area contributed by atoms with Gasteiger partial charge in [-0.25, -0.2) is 9.59 Å². The summed E-state index contributed by atoms with van der Waals surface area (Å²) in [5, 5.41) is 9.01. The zero-order valence-electron chi connectivity index (χ0n) is 15.1. The molecule has 2 rings (SSSR count). The van der Waals surface area contributed by atoms with Gasteiger partial charge in [-0.15, -0.1) is 0 Å². The first kappa shape index (κ1) is 19.0. The van der Waals surface area contributed by atoms with Crippen LogP contribution in [-0.4, -0.2) is 31.2 Å². The van der Waals surface area contributed by atoms with Crippen molar-refractivity contribution < 1.29 is 14.3 Å². The van der Waals surface area contributed by atoms with Crippen molar-refractivity contribution in [3.63, 3.8) is 0 Å². The van der Waals surface area contributed by atoms with Crippen molar-refractivity contribution in [3.05, 3.63) is 47.2 Å². The largest absolute Gasteiger partial charge is 0.463 e. The molecule has 1 aliphatic rings. The lowest BCUT2D eigenvalue weighted by Gasteiger charge is -2.30. The monoisotopic (exact) mass is 345 g/mol. The summed E-state index contributed by atoms with van der Waals surface area (Å²) in [5.41, 5.74) is 1.87. The Morgan fingerprint density at radius 1 is 1.20 bits per heavy atom. The Labute approximate surface area is 149 Å². The Kier molecular flexibility index (Phi) is 7.01. The fourth-order valence-corrected chi connectivity index (χ4v) is 2.93. The highest BCUT2D eigenvalue weighted by molar-refractivity contribution is 5.95. The summed E-state index contributed by atoms with van der Waals surface area (Å²) in [6.07, 6.45) is 1.96. The molecule has 2 amide bonds. The second kappa shape index (κ2) is 9.22. The Balaban J connectivity index is 2.38. The molecule has 1 unspecified atom stereocenters. The fourth-order valence-electron chi connectivity index (χ4n) is 2.93. The summed E-state index contributed by atoms with van der Waals surface area (Å²) in [5.74, 6) is -0.412. The fraction of sp³-hybridized carbons (Fsp3) is 0.474. The summed E-state index contributed by atoms with van der Waals surface area (Å²) in [6.45, 7) is 6.68. The van der Waals surface area contributed by atoms with E-state index in [2.05, 4.69) is 29.8 Å². The van der Waals surface area contributed by atoms with Crippen LogP contribution in [0.15, 0.2) is 41.6 Å². The number of nitrogens with one attached hydrogen (secondary N) is 3. The van der Waals surface area contributed by atoms with Crippen molar-refractivity contribution in [3.8, 4) is 0 Å². The summed E-state index contributed by atoms with van der Waals surface area (Å²) < 4.78 is 5.24. The number of benzene rings is 1. The third kappa shape index (κ3) is 4.82. The van der Waals surface area contributed by atoms with Crippen LogP contribution in [0.5, 0.6) is 0 Å². The summed E-state index contributed by atoms with van der Waals surface area (Å²) in [6, 6.07) is 8.94. The zero-order valence-corrected chi connectivity index (χ0v) is 15.1. The van der Waals surface area contributed by atoms with Crippen molar-refractivity contribution in [1.82, 2.24) is 16.0 Å². The first-order valence-electron chi connectivity index (χ1n) is 8.86. The third-order valence-corrected chi connectivity index (χ3v) is 4.34. The normalized spacial score (nSPS) is 17.3.